The van der Waals surface area contributed by atoms with Crippen LogP contribution in [-0.4, -0.2) is 66.1 Å². The van der Waals surface area contributed by atoms with Gasteiger partial charge < -0.3 is 19.9 Å². The number of carbonyl (C=O) groups is 2. The normalized spacial score (nSPS) is 14.6. The molecule has 0 atom stereocenters. The van der Waals surface area contributed by atoms with Gasteiger partial charge in [0.1, 0.15) is 17.5 Å². The van der Waals surface area contributed by atoms with Crippen LogP contribution in [0.25, 0.3) is 0 Å². The average Bonchev–Trinajstić information content (AvgIpc) is 2.72. The number of nitriles is 1. The third kappa shape index (κ3) is 7.74. The first kappa shape index (κ1) is 24.4. The molecule has 2 heterocycles. The van der Waals surface area contributed by atoms with E-state index in [0.717, 1.165) is 51.7 Å². The highest BCUT2D eigenvalue weighted by molar-refractivity contribution is 5.96. The Balaban J connectivity index is 1.69. The van der Waals surface area contributed by atoms with Gasteiger partial charge >= 0.3 is 6.09 Å². The Morgan fingerprint density at radius 1 is 1.26 bits per heavy atom. The van der Waals surface area contributed by atoms with Crippen molar-refractivity contribution in [2.24, 2.45) is 5.92 Å². The summed E-state index contributed by atoms with van der Waals surface area (Å²) in [6, 6.07) is 5.39. The number of nitrogens with zero attached hydrogens (tertiary/aromatic N) is 4. The second-order valence-electron chi connectivity index (χ2n) is 9.24. The Bertz CT molecular complexity index is 802. The van der Waals surface area contributed by atoms with Crippen molar-refractivity contribution in [2.75, 3.05) is 39.0 Å². The van der Waals surface area contributed by atoms with Crippen LogP contribution in [0.15, 0.2) is 12.1 Å². The van der Waals surface area contributed by atoms with Crippen molar-refractivity contribution in [3.63, 3.8) is 0 Å². The number of ether oxygens (including phenoxy) is 1. The molecule has 1 aromatic heterocycles. The molecule has 1 saturated heterocycles. The summed E-state index contributed by atoms with van der Waals surface area (Å²) in [6.45, 7) is 7.95. The highest BCUT2D eigenvalue weighted by Gasteiger charge is 2.26. The summed E-state index contributed by atoms with van der Waals surface area (Å²) in [7, 11) is 3.30. The molecule has 0 aromatic carbocycles. The summed E-state index contributed by atoms with van der Waals surface area (Å²) in [5.41, 5.74) is 0.00245. The van der Waals surface area contributed by atoms with Gasteiger partial charge in [0.2, 0.25) is 0 Å². The molecule has 1 N–H and O–H groups in total. The van der Waals surface area contributed by atoms with Crippen LogP contribution < -0.4 is 5.32 Å². The second kappa shape index (κ2) is 11.0. The molecular weight excluding hydrogens is 394 g/mol. The van der Waals surface area contributed by atoms with Gasteiger partial charge in [0.15, 0.2) is 5.69 Å². The van der Waals surface area contributed by atoms with Crippen LogP contribution in [0.5, 0.6) is 0 Å². The molecule has 2 amide bonds. The minimum atomic E-state index is -0.452. The number of pyridine rings is 1. The topological polar surface area (TPSA) is 98.6 Å². The van der Waals surface area contributed by atoms with Crippen molar-refractivity contribution >= 4 is 17.8 Å². The quantitative estimate of drug-likeness (QED) is 0.661. The zero-order chi connectivity index (χ0) is 23.0. The predicted octanol–water partition coefficient (Wildman–Crippen LogP) is 3.88. The van der Waals surface area contributed by atoms with Gasteiger partial charge in [-0.05, 0) is 58.1 Å². The number of anilines is 1. The molecule has 0 radical (unpaired) electrons. The molecule has 1 aliphatic heterocycles. The van der Waals surface area contributed by atoms with Crippen LogP contribution in [0.1, 0.15) is 68.9 Å². The summed E-state index contributed by atoms with van der Waals surface area (Å²) in [5, 5.41) is 12.5. The number of likely N-dealkylation sites (tertiary alicyclic amines) is 1. The Labute approximate surface area is 185 Å². The fraction of sp³-hybridized carbons (Fsp3) is 0.652. The predicted molar refractivity (Wildman–Crippen MR) is 120 cm³/mol. The van der Waals surface area contributed by atoms with Crippen molar-refractivity contribution in [1.29, 1.82) is 5.26 Å². The van der Waals surface area contributed by atoms with E-state index in [9.17, 15) is 14.9 Å². The van der Waals surface area contributed by atoms with Crippen LogP contribution >= 0.6 is 0 Å². The van der Waals surface area contributed by atoms with E-state index in [4.69, 9.17) is 4.74 Å². The average molecular weight is 430 g/mol. The number of amides is 2. The summed E-state index contributed by atoms with van der Waals surface area (Å²) in [4.78, 5) is 31.7. The summed E-state index contributed by atoms with van der Waals surface area (Å²) in [5.74, 6) is 1.02. The van der Waals surface area contributed by atoms with Crippen molar-refractivity contribution in [1.82, 2.24) is 14.8 Å². The maximum absolute atomic E-state index is 12.1. The minimum absolute atomic E-state index is 0.139. The van der Waals surface area contributed by atoms with E-state index < -0.39 is 5.60 Å². The first-order valence-corrected chi connectivity index (χ1v) is 11.0. The van der Waals surface area contributed by atoms with Crippen LogP contribution in [0.4, 0.5) is 10.6 Å². The molecule has 0 saturated carbocycles. The van der Waals surface area contributed by atoms with Gasteiger partial charge in [0.05, 0.1) is 5.56 Å². The summed E-state index contributed by atoms with van der Waals surface area (Å²) in [6.07, 6.45) is 5.04. The first-order chi connectivity index (χ1) is 14.6. The molecule has 0 unspecified atom stereocenters. The first-order valence-electron chi connectivity index (χ1n) is 11.0. The fourth-order valence-electron chi connectivity index (χ4n) is 3.56. The van der Waals surface area contributed by atoms with Crippen molar-refractivity contribution in [2.45, 2.75) is 58.5 Å². The zero-order valence-electron chi connectivity index (χ0n) is 19.4. The largest absolute Gasteiger partial charge is 0.444 e. The van der Waals surface area contributed by atoms with E-state index >= 15 is 0 Å². The van der Waals surface area contributed by atoms with Crippen LogP contribution in [0.2, 0.25) is 0 Å². The van der Waals surface area contributed by atoms with Crippen molar-refractivity contribution < 1.29 is 14.3 Å². The molecule has 1 fully saturated rings. The van der Waals surface area contributed by atoms with Crippen LogP contribution in [-0.2, 0) is 4.74 Å². The number of nitrogens with one attached hydrogen (secondary N) is 1. The Morgan fingerprint density at radius 3 is 2.52 bits per heavy atom. The van der Waals surface area contributed by atoms with E-state index in [-0.39, 0.29) is 17.7 Å². The second-order valence-corrected chi connectivity index (χ2v) is 9.24. The summed E-state index contributed by atoms with van der Waals surface area (Å²) < 4.78 is 5.45. The molecule has 0 bridgehead atoms. The Kier molecular flexibility index (Phi) is 8.66. The monoisotopic (exact) mass is 429 g/mol. The lowest BCUT2D eigenvalue weighted by Crippen LogP contribution is -2.41. The van der Waals surface area contributed by atoms with Crippen LogP contribution in [0.3, 0.4) is 0 Å². The molecular formula is C23H35N5O3. The number of unbranched alkanes of at least 4 members (excludes halogenated alkanes) is 1. The van der Waals surface area contributed by atoms with Gasteiger partial charge in [-0.15, -0.1) is 0 Å². The Hall–Kier alpha value is -2.82. The molecule has 170 valence electrons. The summed E-state index contributed by atoms with van der Waals surface area (Å²) >= 11 is 0. The highest BCUT2D eigenvalue weighted by Crippen LogP contribution is 2.24. The fourth-order valence-corrected chi connectivity index (χ4v) is 3.56. The third-order valence-electron chi connectivity index (χ3n) is 5.25. The lowest BCUT2D eigenvalue weighted by Gasteiger charge is -2.33. The molecule has 0 spiro atoms. The third-order valence-corrected chi connectivity index (χ3v) is 5.25. The van der Waals surface area contributed by atoms with Gasteiger partial charge in [0, 0.05) is 33.7 Å². The smallest absolute Gasteiger partial charge is 0.410 e. The molecule has 1 aliphatic rings. The van der Waals surface area contributed by atoms with E-state index in [1.165, 1.54) is 4.90 Å². The SMILES string of the molecule is CN(C)C(=O)c1ccc(NCCCCC2CCN(C(=O)OC(C)(C)C)CC2)nc1C#N. The van der Waals surface area contributed by atoms with E-state index in [1.54, 1.807) is 26.2 Å². The van der Waals surface area contributed by atoms with Gasteiger partial charge in [-0.1, -0.05) is 12.8 Å². The number of carbonyl (C=O) groups excluding carboxylic acids is 2. The van der Waals surface area contributed by atoms with Gasteiger partial charge in [-0.25, -0.2) is 9.78 Å². The standard InChI is InChI=1S/C23H35N5O3/c1-23(2,3)31-22(30)28-14-11-17(12-15-28)8-6-7-13-25-20-10-9-18(19(16-24)26-20)21(29)27(4)5/h9-10,17H,6-8,11-15H2,1-5H3,(H,25,26). The van der Waals surface area contributed by atoms with Gasteiger partial charge in [-0.2, -0.15) is 5.26 Å². The molecule has 2 rings (SSSR count). The lowest BCUT2D eigenvalue weighted by atomic mass is 9.92. The number of rotatable bonds is 7. The molecule has 31 heavy (non-hydrogen) atoms. The zero-order valence-corrected chi connectivity index (χ0v) is 19.4. The van der Waals surface area contributed by atoms with Crippen LogP contribution in [0, 0.1) is 17.2 Å². The molecule has 0 aliphatic carbocycles. The van der Waals surface area contributed by atoms with Crippen molar-refractivity contribution in [3.8, 4) is 6.07 Å². The van der Waals surface area contributed by atoms with E-state index in [2.05, 4.69) is 10.3 Å². The van der Waals surface area contributed by atoms with Gasteiger partial charge in [0.25, 0.3) is 5.91 Å². The number of aromatic nitrogens is 1. The maximum atomic E-state index is 12.1. The van der Waals surface area contributed by atoms with Crippen molar-refractivity contribution in [3.05, 3.63) is 23.4 Å². The van der Waals surface area contributed by atoms with E-state index in [1.807, 2.05) is 31.7 Å². The number of piperidine rings is 1. The lowest BCUT2D eigenvalue weighted by molar-refractivity contribution is 0.0180. The molecule has 8 nitrogen and oxygen atoms in total. The number of hydrogen-bond acceptors (Lipinski definition) is 6. The molecule has 8 heteroatoms. The maximum Gasteiger partial charge on any atom is 0.410 e. The minimum Gasteiger partial charge on any atom is -0.444 e. The number of hydrogen-bond donors (Lipinski definition) is 1. The highest BCUT2D eigenvalue weighted by atomic mass is 16.6. The Morgan fingerprint density at radius 2 is 1.94 bits per heavy atom. The van der Waals surface area contributed by atoms with E-state index in [0.29, 0.717) is 17.3 Å². The van der Waals surface area contributed by atoms with Gasteiger partial charge in [-0.3, -0.25) is 4.79 Å². The molecule has 1 aromatic rings.